The molecule has 0 bridgehead atoms. The summed E-state index contributed by atoms with van der Waals surface area (Å²) in [5, 5.41) is 16.8. The highest BCUT2D eigenvalue weighted by molar-refractivity contribution is 6.02. The lowest BCUT2D eigenvalue weighted by molar-refractivity contribution is -0.0199. The molecule has 0 saturated heterocycles. The standard InChI is InChI=1S/C26H24N2O6/c1-31-16-8-6-7-15(13-16)19-14-20-17-9-4-5-10-21(17)34-25(28(20)27-19)18-11-12-22(32-2)24(33-3)23(18)26(29)30/h4-13,20,25H,14H2,1-3H3,(H,29,30). The average molecular weight is 460 g/mol. The first-order chi connectivity index (χ1) is 16.5. The van der Waals surface area contributed by atoms with Crippen LogP contribution in [0.2, 0.25) is 0 Å². The van der Waals surface area contributed by atoms with E-state index < -0.39 is 12.2 Å². The molecule has 2 aliphatic heterocycles. The summed E-state index contributed by atoms with van der Waals surface area (Å²) >= 11 is 0. The minimum absolute atomic E-state index is 0.0185. The molecule has 0 aromatic heterocycles. The molecule has 2 heterocycles. The van der Waals surface area contributed by atoms with Crippen molar-refractivity contribution in [3.63, 3.8) is 0 Å². The van der Waals surface area contributed by atoms with Gasteiger partial charge < -0.3 is 24.1 Å². The van der Waals surface area contributed by atoms with E-state index in [0.717, 1.165) is 22.6 Å². The maximum absolute atomic E-state index is 12.3. The zero-order valence-corrected chi connectivity index (χ0v) is 19.0. The average Bonchev–Trinajstić information content (AvgIpc) is 3.33. The number of para-hydroxylation sites is 1. The maximum atomic E-state index is 12.3. The van der Waals surface area contributed by atoms with Crippen molar-refractivity contribution in [2.75, 3.05) is 21.3 Å². The van der Waals surface area contributed by atoms with E-state index in [-0.39, 0.29) is 17.4 Å². The van der Waals surface area contributed by atoms with E-state index >= 15 is 0 Å². The van der Waals surface area contributed by atoms with E-state index in [1.54, 1.807) is 19.2 Å². The number of fused-ring (bicyclic) bond motifs is 3. The van der Waals surface area contributed by atoms with E-state index in [1.165, 1.54) is 14.2 Å². The number of ether oxygens (including phenoxy) is 4. The first kappa shape index (κ1) is 21.6. The Morgan fingerprint density at radius 3 is 2.56 bits per heavy atom. The van der Waals surface area contributed by atoms with Crippen LogP contribution in [0.25, 0.3) is 0 Å². The van der Waals surface area contributed by atoms with Gasteiger partial charge in [0.2, 0.25) is 6.23 Å². The quantitative estimate of drug-likeness (QED) is 0.573. The van der Waals surface area contributed by atoms with Crippen LogP contribution in [0, 0.1) is 0 Å². The first-order valence-electron chi connectivity index (χ1n) is 10.8. The van der Waals surface area contributed by atoms with E-state index in [1.807, 2.05) is 53.5 Å². The minimum atomic E-state index is -1.14. The molecular weight excluding hydrogens is 436 g/mol. The van der Waals surface area contributed by atoms with Gasteiger partial charge in [0.25, 0.3) is 0 Å². The number of hydrogen-bond donors (Lipinski definition) is 1. The van der Waals surface area contributed by atoms with Crippen LogP contribution in [-0.4, -0.2) is 43.1 Å². The molecule has 2 aliphatic rings. The lowest BCUT2D eigenvalue weighted by Gasteiger charge is -2.38. The van der Waals surface area contributed by atoms with E-state index in [0.29, 0.717) is 23.5 Å². The number of carboxylic acids is 1. The summed E-state index contributed by atoms with van der Waals surface area (Å²) in [6.45, 7) is 0. The van der Waals surface area contributed by atoms with Crippen LogP contribution >= 0.6 is 0 Å². The Hall–Kier alpha value is -4.20. The van der Waals surface area contributed by atoms with Gasteiger partial charge in [-0.3, -0.25) is 0 Å². The number of nitrogens with zero attached hydrogens (tertiary/aromatic N) is 2. The van der Waals surface area contributed by atoms with Gasteiger partial charge in [0.05, 0.1) is 33.1 Å². The second-order valence-corrected chi connectivity index (χ2v) is 7.96. The molecule has 3 aromatic carbocycles. The van der Waals surface area contributed by atoms with E-state index in [2.05, 4.69) is 0 Å². The van der Waals surface area contributed by atoms with Gasteiger partial charge in [-0.2, -0.15) is 5.10 Å². The van der Waals surface area contributed by atoms with Gasteiger partial charge in [-0.1, -0.05) is 30.3 Å². The van der Waals surface area contributed by atoms with Gasteiger partial charge in [-0.15, -0.1) is 0 Å². The van der Waals surface area contributed by atoms with Crippen molar-refractivity contribution in [2.45, 2.75) is 18.7 Å². The molecule has 0 spiro atoms. The number of rotatable bonds is 6. The Balaban J connectivity index is 1.66. The molecule has 1 N–H and O–H groups in total. The monoisotopic (exact) mass is 460 g/mol. The van der Waals surface area contributed by atoms with Crippen molar-refractivity contribution in [2.24, 2.45) is 5.10 Å². The highest BCUT2D eigenvalue weighted by Gasteiger charge is 2.43. The van der Waals surface area contributed by atoms with Crippen LogP contribution in [0.5, 0.6) is 23.0 Å². The number of carbonyl (C=O) groups is 1. The normalized spacial score (nSPS) is 18.3. The van der Waals surface area contributed by atoms with Crippen LogP contribution in [0.3, 0.4) is 0 Å². The smallest absolute Gasteiger partial charge is 0.340 e. The minimum Gasteiger partial charge on any atom is -0.497 e. The number of hydrazone groups is 1. The molecule has 0 amide bonds. The molecule has 34 heavy (non-hydrogen) atoms. The topological polar surface area (TPSA) is 89.8 Å². The first-order valence-corrected chi connectivity index (χ1v) is 10.8. The van der Waals surface area contributed by atoms with Gasteiger partial charge >= 0.3 is 5.97 Å². The number of benzene rings is 3. The van der Waals surface area contributed by atoms with Crippen molar-refractivity contribution in [3.05, 3.63) is 82.9 Å². The highest BCUT2D eigenvalue weighted by Crippen LogP contribution is 2.49. The molecule has 2 atom stereocenters. The van der Waals surface area contributed by atoms with Crippen LogP contribution in [-0.2, 0) is 0 Å². The Labute approximate surface area is 196 Å². The molecule has 174 valence electrons. The van der Waals surface area contributed by atoms with Crippen molar-refractivity contribution >= 4 is 11.7 Å². The Morgan fingerprint density at radius 2 is 1.82 bits per heavy atom. The lowest BCUT2D eigenvalue weighted by atomic mass is 9.95. The Morgan fingerprint density at radius 1 is 1.00 bits per heavy atom. The fourth-order valence-corrected chi connectivity index (χ4v) is 4.59. The van der Waals surface area contributed by atoms with Gasteiger partial charge in [-0.05, 0) is 30.3 Å². The molecule has 0 saturated carbocycles. The predicted molar refractivity (Wildman–Crippen MR) is 125 cm³/mol. The summed E-state index contributed by atoms with van der Waals surface area (Å²) in [7, 11) is 4.52. The summed E-state index contributed by atoms with van der Waals surface area (Å²) in [6, 6.07) is 18.8. The summed E-state index contributed by atoms with van der Waals surface area (Å²) in [6.07, 6.45) is -0.131. The second-order valence-electron chi connectivity index (χ2n) is 7.96. The zero-order chi connectivity index (χ0) is 23.8. The molecule has 0 aliphatic carbocycles. The van der Waals surface area contributed by atoms with Crippen LogP contribution in [0.4, 0.5) is 0 Å². The summed E-state index contributed by atoms with van der Waals surface area (Å²) < 4.78 is 22.5. The summed E-state index contributed by atoms with van der Waals surface area (Å²) in [5.74, 6) is 0.773. The van der Waals surface area contributed by atoms with Crippen molar-refractivity contribution < 1.29 is 28.8 Å². The van der Waals surface area contributed by atoms with Gasteiger partial charge in [-0.25, -0.2) is 9.80 Å². The number of aromatic carboxylic acids is 1. The molecule has 3 aromatic rings. The third-order valence-electron chi connectivity index (χ3n) is 6.16. The van der Waals surface area contributed by atoms with E-state index in [9.17, 15) is 9.90 Å². The zero-order valence-electron chi connectivity index (χ0n) is 19.0. The second kappa shape index (κ2) is 8.62. The van der Waals surface area contributed by atoms with E-state index in [4.69, 9.17) is 24.0 Å². The summed E-state index contributed by atoms with van der Waals surface area (Å²) in [4.78, 5) is 12.3. The SMILES string of the molecule is COc1cccc(C2=NN3C(C2)c2ccccc2OC3c2ccc(OC)c(OC)c2C(=O)O)c1. The lowest BCUT2D eigenvalue weighted by Crippen LogP contribution is -2.34. The maximum Gasteiger partial charge on any atom is 0.340 e. The number of methoxy groups -OCH3 is 3. The van der Waals surface area contributed by atoms with Gasteiger partial charge in [0.1, 0.15) is 17.1 Å². The third kappa shape index (κ3) is 3.48. The molecule has 8 heteroatoms. The fraction of sp³-hybridized carbons (Fsp3) is 0.231. The third-order valence-corrected chi connectivity index (χ3v) is 6.16. The van der Waals surface area contributed by atoms with Crippen LogP contribution < -0.4 is 18.9 Å². The fourth-order valence-electron chi connectivity index (χ4n) is 4.59. The number of carboxylic acid groups (broad SMARTS) is 1. The highest BCUT2D eigenvalue weighted by atomic mass is 16.5. The number of hydrogen-bond acceptors (Lipinski definition) is 7. The van der Waals surface area contributed by atoms with Gasteiger partial charge in [0.15, 0.2) is 11.5 Å². The predicted octanol–water partition coefficient (Wildman–Crippen LogP) is 4.65. The molecule has 5 rings (SSSR count). The summed E-state index contributed by atoms with van der Waals surface area (Å²) in [5.41, 5.74) is 3.22. The largest absolute Gasteiger partial charge is 0.497 e. The molecule has 2 unspecified atom stereocenters. The Kier molecular flexibility index (Phi) is 5.49. The molecule has 0 radical (unpaired) electrons. The molecule has 8 nitrogen and oxygen atoms in total. The molecule has 0 fully saturated rings. The van der Waals surface area contributed by atoms with Crippen LogP contribution in [0.15, 0.2) is 65.8 Å². The Bertz CT molecular complexity index is 1290. The molecular formula is C26H24N2O6. The van der Waals surface area contributed by atoms with Crippen molar-refractivity contribution in [1.82, 2.24) is 5.01 Å². The van der Waals surface area contributed by atoms with Crippen LogP contribution in [0.1, 0.15) is 45.7 Å². The van der Waals surface area contributed by atoms with Crippen molar-refractivity contribution in [1.29, 1.82) is 0 Å². The van der Waals surface area contributed by atoms with Crippen molar-refractivity contribution in [3.8, 4) is 23.0 Å². The van der Waals surface area contributed by atoms with Gasteiger partial charge in [0, 0.05) is 23.1 Å².